The fraction of sp³-hybridized carbons (Fsp3) is 0.0667. The summed E-state index contributed by atoms with van der Waals surface area (Å²) in [5.41, 5.74) is 1.55. The molecule has 2 N–H and O–H groups in total. The number of halogens is 2. The molecule has 6 nitrogen and oxygen atoms in total. The van der Waals surface area contributed by atoms with Gasteiger partial charge in [0.25, 0.3) is 5.91 Å². The number of carbonyl (C=O) groups excluding carboxylic acids is 1. The Kier molecular flexibility index (Phi) is 4.54. The highest BCUT2D eigenvalue weighted by Crippen LogP contribution is 2.26. The number of hydrogen-bond donors (Lipinski definition) is 2. The van der Waals surface area contributed by atoms with Crippen molar-refractivity contribution in [2.24, 2.45) is 0 Å². The number of pyridine rings is 1. The second-order valence-corrected chi connectivity index (χ2v) is 5.84. The van der Waals surface area contributed by atoms with Crippen LogP contribution in [0.3, 0.4) is 0 Å². The van der Waals surface area contributed by atoms with E-state index >= 15 is 0 Å². The number of nitrogens with one attached hydrogen (secondary N) is 1. The summed E-state index contributed by atoms with van der Waals surface area (Å²) in [7, 11) is 0. The second kappa shape index (κ2) is 6.77. The zero-order valence-electron chi connectivity index (χ0n) is 12.0. The van der Waals surface area contributed by atoms with Crippen molar-refractivity contribution in [1.82, 2.24) is 20.7 Å². The van der Waals surface area contributed by atoms with Crippen LogP contribution in [0.1, 0.15) is 20.9 Å². The topological polar surface area (TPSA) is 88.0 Å². The molecule has 2 aromatic heterocycles. The van der Waals surface area contributed by atoms with Gasteiger partial charge in [-0.1, -0.05) is 11.3 Å². The highest BCUT2D eigenvalue weighted by Gasteiger charge is 2.17. The molecule has 24 heavy (non-hydrogen) atoms. The molecule has 0 saturated heterocycles. The first-order valence-electron chi connectivity index (χ1n) is 6.73. The third-order valence-electron chi connectivity index (χ3n) is 3.21. The fourth-order valence-corrected chi connectivity index (χ4v) is 2.89. The van der Waals surface area contributed by atoms with Crippen molar-refractivity contribution in [3.63, 3.8) is 0 Å². The summed E-state index contributed by atoms with van der Waals surface area (Å²) < 4.78 is 28.1. The minimum Gasteiger partial charge on any atom is -0.288 e. The molecular formula is C15H10F2N4O2S. The number of hydroxylamine groups is 1. The highest BCUT2D eigenvalue weighted by atomic mass is 32.1. The molecule has 0 aliphatic carbocycles. The summed E-state index contributed by atoms with van der Waals surface area (Å²) in [6, 6.07) is 5.27. The van der Waals surface area contributed by atoms with Crippen molar-refractivity contribution in [3.05, 3.63) is 64.4 Å². The summed E-state index contributed by atoms with van der Waals surface area (Å²) >= 11 is 1.20. The van der Waals surface area contributed by atoms with Crippen molar-refractivity contribution in [2.45, 2.75) is 6.42 Å². The maximum Gasteiger partial charge on any atom is 0.274 e. The van der Waals surface area contributed by atoms with E-state index in [1.165, 1.54) is 16.8 Å². The summed E-state index contributed by atoms with van der Waals surface area (Å²) in [5.74, 6) is -2.78. The lowest BCUT2D eigenvalue weighted by atomic mass is 10.1. The van der Waals surface area contributed by atoms with Gasteiger partial charge in [0.15, 0.2) is 0 Å². The van der Waals surface area contributed by atoms with Crippen LogP contribution in [-0.2, 0) is 6.42 Å². The molecule has 1 amide bonds. The average molecular weight is 348 g/mol. The van der Waals surface area contributed by atoms with Crippen LogP contribution >= 0.6 is 11.3 Å². The Balaban J connectivity index is 1.87. The number of aromatic nitrogens is 3. The number of nitrogens with zero attached hydrogens (tertiary/aromatic N) is 3. The predicted molar refractivity (Wildman–Crippen MR) is 81.6 cm³/mol. The van der Waals surface area contributed by atoms with E-state index in [2.05, 4.69) is 15.2 Å². The predicted octanol–water partition coefficient (Wildman–Crippen LogP) is 2.59. The molecule has 0 bridgehead atoms. The molecule has 1 aromatic carbocycles. The number of benzene rings is 1. The molecule has 0 aliphatic rings. The van der Waals surface area contributed by atoms with E-state index in [0.29, 0.717) is 10.0 Å². The number of rotatable bonds is 4. The highest BCUT2D eigenvalue weighted by molar-refractivity contribution is 7.14. The normalized spacial score (nSPS) is 10.6. The monoisotopic (exact) mass is 348 g/mol. The average Bonchev–Trinajstić information content (AvgIpc) is 3.06. The maximum atomic E-state index is 14.1. The number of hydrogen-bond acceptors (Lipinski definition) is 6. The fourth-order valence-electron chi connectivity index (χ4n) is 2.05. The van der Waals surface area contributed by atoms with Crippen molar-refractivity contribution < 1.29 is 18.8 Å². The van der Waals surface area contributed by atoms with Crippen molar-refractivity contribution >= 4 is 17.2 Å². The molecule has 0 fully saturated rings. The lowest BCUT2D eigenvalue weighted by Crippen LogP contribution is -2.19. The van der Waals surface area contributed by atoms with Gasteiger partial charge in [0.2, 0.25) is 0 Å². The van der Waals surface area contributed by atoms with Crippen molar-refractivity contribution in [1.29, 1.82) is 0 Å². The van der Waals surface area contributed by atoms with E-state index in [0.717, 1.165) is 17.7 Å². The SMILES string of the molecule is O=C(NO)c1cc(F)c(Cc2nnc(-c3cccnc3)s2)c(F)c1. The van der Waals surface area contributed by atoms with Gasteiger partial charge in [0.1, 0.15) is 21.6 Å². The molecule has 9 heteroatoms. The largest absolute Gasteiger partial charge is 0.288 e. The number of amides is 1. The minimum atomic E-state index is -0.992. The first-order valence-corrected chi connectivity index (χ1v) is 7.55. The molecule has 0 unspecified atom stereocenters. The first kappa shape index (κ1) is 16.1. The molecular weight excluding hydrogens is 338 g/mol. The van der Waals surface area contributed by atoms with Gasteiger partial charge in [0.05, 0.1) is 0 Å². The van der Waals surface area contributed by atoms with E-state index in [-0.39, 0.29) is 17.5 Å². The van der Waals surface area contributed by atoms with E-state index < -0.39 is 17.5 Å². The summed E-state index contributed by atoms with van der Waals surface area (Å²) in [4.78, 5) is 15.2. The van der Waals surface area contributed by atoms with Crippen LogP contribution in [0.2, 0.25) is 0 Å². The van der Waals surface area contributed by atoms with Crippen LogP contribution in [0.15, 0.2) is 36.7 Å². The molecule has 0 aliphatic heterocycles. The van der Waals surface area contributed by atoms with Gasteiger partial charge in [-0.05, 0) is 24.3 Å². The third-order valence-corrected chi connectivity index (χ3v) is 4.18. The van der Waals surface area contributed by atoms with Crippen LogP contribution in [0.25, 0.3) is 10.6 Å². The van der Waals surface area contributed by atoms with Gasteiger partial charge in [0, 0.05) is 35.5 Å². The number of carbonyl (C=O) groups is 1. The lowest BCUT2D eigenvalue weighted by Gasteiger charge is -2.05. The second-order valence-electron chi connectivity index (χ2n) is 4.78. The standard InChI is InChI=1S/C15H10F2N4O2S/c16-11-4-9(14(22)21-23)5-12(17)10(11)6-13-19-20-15(24-13)8-2-1-3-18-7-8/h1-5,7,23H,6H2,(H,21,22). The van der Waals surface area contributed by atoms with Crippen molar-refractivity contribution in [2.75, 3.05) is 0 Å². The maximum absolute atomic E-state index is 14.1. The van der Waals surface area contributed by atoms with Gasteiger partial charge in [-0.15, -0.1) is 10.2 Å². The molecule has 0 atom stereocenters. The van der Waals surface area contributed by atoms with Crippen LogP contribution in [0.4, 0.5) is 8.78 Å². The van der Waals surface area contributed by atoms with E-state index in [9.17, 15) is 13.6 Å². The molecule has 122 valence electrons. The van der Waals surface area contributed by atoms with Crippen LogP contribution in [-0.4, -0.2) is 26.3 Å². The molecule has 0 radical (unpaired) electrons. The summed E-state index contributed by atoms with van der Waals surface area (Å²) in [6.45, 7) is 0. The van der Waals surface area contributed by atoms with Gasteiger partial charge >= 0.3 is 0 Å². The van der Waals surface area contributed by atoms with Gasteiger partial charge in [-0.3, -0.25) is 15.0 Å². The Morgan fingerprint density at radius 3 is 2.62 bits per heavy atom. The Bertz CT molecular complexity index is 863. The Labute approximate surface area is 138 Å². The van der Waals surface area contributed by atoms with Gasteiger partial charge < -0.3 is 0 Å². The zero-order valence-corrected chi connectivity index (χ0v) is 12.8. The Hall–Kier alpha value is -2.78. The zero-order chi connectivity index (χ0) is 17.1. The first-order chi connectivity index (χ1) is 11.6. The van der Waals surface area contributed by atoms with Crippen molar-refractivity contribution in [3.8, 4) is 10.6 Å². The smallest absolute Gasteiger partial charge is 0.274 e. The third kappa shape index (κ3) is 3.26. The Morgan fingerprint density at radius 1 is 1.25 bits per heavy atom. The Morgan fingerprint density at radius 2 is 2.00 bits per heavy atom. The van der Waals surface area contributed by atoms with E-state index in [1.807, 2.05) is 0 Å². The van der Waals surface area contributed by atoms with Crippen LogP contribution < -0.4 is 5.48 Å². The van der Waals surface area contributed by atoms with Crippen LogP contribution in [0.5, 0.6) is 0 Å². The lowest BCUT2D eigenvalue weighted by molar-refractivity contribution is 0.0705. The van der Waals surface area contributed by atoms with Gasteiger partial charge in [-0.25, -0.2) is 14.3 Å². The molecule has 3 aromatic rings. The minimum absolute atomic E-state index is 0.101. The van der Waals surface area contributed by atoms with Gasteiger partial charge in [-0.2, -0.15) is 0 Å². The quantitative estimate of drug-likeness (QED) is 0.559. The van der Waals surface area contributed by atoms with Crippen LogP contribution in [0, 0.1) is 11.6 Å². The molecule has 2 heterocycles. The molecule has 0 spiro atoms. The summed E-state index contributed by atoms with van der Waals surface area (Å²) in [5, 5.41) is 17.5. The molecule has 3 rings (SSSR count). The molecule has 0 saturated carbocycles. The summed E-state index contributed by atoms with van der Waals surface area (Å²) in [6.07, 6.45) is 3.14. The van der Waals surface area contributed by atoms with E-state index in [4.69, 9.17) is 5.21 Å². The van der Waals surface area contributed by atoms with E-state index in [1.54, 1.807) is 24.5 Å².